The maximum atomic E-state index is 5.42. The zero-order valence-corrected chi connectivity index (χ0v) is 17.0. The number of piperidine rings is 1. The highest BCUT2D eigenvalue weighted by atomic mass is 16.5. The second-order valence-corrected chi connectivity index (χ2v) is 8.10. The molecule has 2 aliphatic heterocycles. The van der Waals surface area contributed by atoms with Gasteiger partial charge in [-0.15, -0.1) is 0 Å². The van der Waals surface area contributed by atoms with Crippen LogP contribution in [0.15, 0.2) is 36.7 Å². The molecule has 2 saturated heterocycles. The predicted molar refractivity (Wildman–Crippen MR) is 112 cm³/mol. The Balaban J connectivity index is 1.32. The van der Waals surface area contributed by atoms with Gasteiger partial charge in [0, 0.05) is 43.9 Å². The van der Waals surface area contributed by atoms with Gasteiger partial charge in [-0.05, 0) is 50.4 Å². The first-order valence-electron chi connectivity index (χ1n) is 10.6. The summed E-state index contributed by atoms with van der Waals surface area (Å²) in [6.07, 6.45) is 8.76. The maximum Gasteiger partial charge on any atom is 0.217 e. The first-order chi connectivity index (χ1) is 14.3. The van der Waals surface area contributed by atoms with Gasteiger partial charge in [0.1, 0.15) is 0 Å². The normalized spacial score (nSPS) is 20.4. The highest BCUT2D eigenvalue weighted by Gasteiger charge is 2.25. The second-order valence-electron chi connectivity index (χ2n) is 8.10. The molecule has 5 heterocycles. The van der Waals surface area contributed by atoms with Gasteiger partial charge in [0.05, 0.1) is 19.0 Å². The van der Waals surface area contributed by atoms with Crippen molar-refractivity contribution in [1.82, 2.24) is 24.5 Å². The number of likely N-dealkylation sites (tertiary alicyclic amines) is 1. The molecule has 3 aromatic heterocycles. The summed E-state index contributed by atoms with van der Waals surface area (Å²) in [7, 11) is 1.68. The van der Waals surface area contributed by atoms with Crippen LogP contribution in [0.2, 0.25) is 0 Å². The molecule has 1 atom stereocenters. The highest BCUT2D eigenvalue weighted by molar-refractivity contribution is 5.52. The zero-order chi connectivity index (χ0) is 19.6. The predicted octanol–water partition coefficient (Wildman–Crippen LogP) is 3.11. The van der Waals surface area contributed by atoms with E-state index >= 15 is 0 Å². The fourth-order valence-electron chi connectivity index (χ4n) is 4.60. The first kappa shape index (κ1) is 18.4. The molecule has 29 heavy (non-hydrogen) atoms. The number of hydrogen-bond donors (Lipinski definition) is 0. The van der Waals surface area contributed by atoms with Crippen LogP contribution < -0.4 is 9.64 Å². The quantitative estimate of drug-likeness (QED) is 0.665. The van der Waals surface area contributed by atoms with Crippen LogP contribution in [0.1, 0.15) is 43.0 Å². The Bertz CT molecular complexity index is 980. The van der Waals surface area contributed by atoms with Gasteiger partial charge in [0.25, 0.3) is 0 Å². The number of fused-ring (bicyclic) bond motifs is 1. The van der Waals surface area contributed by atoms with Gasteiger partial charge in [0.2, 0.25) is 5.88 Å². The Kier molecular flexibility index (Phi) is 5.06. The van der Waals surface area contributed by atoms with Gasteiger partial charge in [-0.2, -0.15) is 5.10 Å². The van der Waals surface area contributed by atoms with Crippen LogP contribution in [-0.2, 0) is 6.54 Å². The Labute approximate surface area is 171 Å². The minimum Gasteiger partial charge on any atom is -0.481 e. The Morgan fingerprint density at radius 2 is 2.00 bits per heavy atom. The van der Waals surface area contributed by atoms with E-state index in [1.165, 1.54) is 18.5 Å². The summed E-state index contributed by atoms with van der Waals surface area (Å²) >= 11 is 0. The standard InChI is InChI=1S/C22H28N6O/c1-29-22-18(6-4-10-23-22)15-26-11-5-7-17(14-26)21-24-20-9-8-19(16-28(20)25-21)27-12-2-3-13-27/h4,6,8-10,16-17H,2-3,5,7,11-15H2,1H3/t17-/m0/s1. The SMILES string of the molecule is COc1ncccc1CN1CCC[C@H](c2nc3ccc(N4CCCC4)cn3n2)C1. The fraction of sp³-hybridized carbons (Fsp3) is 0.500. The third-order valence-corrected chi connectivity index (χ3v) is 6.11. The minimum atomic E-state index is 0.363. The molecule has 0 saturated carbocycles. The molecule has 0 aromatic carbocycles. The van der Waals surface area contributed by atoms with Gasteiger partial charge in [-0.1, -0.05) is 6.07 Å². The molecule has 0 radical (unpaired) electrons. The molecule has 0 spiro atoms. The Hall–Kier alpha value is -2.67. The molecule has 2 aliphatic rings. The third-order valence-electron chi connectivity index (χ3n) is 6.11. The largest absolute Gasteiger partial charge is 0.481 e. The van der Waals surface area contributed by atoms with Crippen molar-refractivity contribution in [2.75, 3.05) is 38.2 Å². The molecule has 0 bridgehead atoms. The molecule has 7 nitrogen and oxygen atoms in total. The average Bonchev–Trinajstić information content (AvgIpc) is 3.44. The summed E-state index contributed by atoms with van der Waals surface area (Å²) in [5, 5.41) is 4.86. The lowest BCUT2D eigenvalue weighted by Gasteiger charge is -2.31. The van der Waals surface area contributed by atoms with Crippen molar-refractivity contribution in [2.24, 2.45) is 0 Å². The van der Waals surface area contributed by atoms with Gasteiger partial charge < -0.3 is 9.64 Å². The molecule has 7 heteroatoms. The first-order valence-corrected chi connectivity index (χ1v) is 10.6. The van der Waals surface area contributed by atoms with Gasteiger partial charge in [-0.3, -0.25) is 4.90 Å². The van der Waals surface area contributed by atoms with Crippen molar-refractivity contribution >= 4 is 11.3 Å². The lowest BCUT2D eigenvalue weighted by molar-refractivity contribution is 0.194. The van der Waals surface area contributed by atoms with Crippen LogP contribution in [0.5, 0.6) is 5.88 Å². The van der Waals surface area contributed by atoms with Crippen molar-refractivity contribution in [3.05, 3.63) is 48.0 Å². The van der Waals surface area contributed by atoms with E-state index in [1.807, 2.05) is 10.6 Å². The van der Waals surface area contributed by atoms with E-state index in [-0.39, 0.29) is 0 Å². The lowest BCUT2D eigenvalue weighted by Crippen LogP contribution is -2.34. The Morgan fingerprint density at radius 3 is 2.86 bits per heavy atom. The van der Waals surface area contributed by atoms with Crippen LogP contribution in [0.3, 0.4) is 0 Å². The Morgan fingerprint density at radius 1 is 1.10 bits per heavy atom. The lowest BCUT2D eigenvalue weighted by atomic mass is 9.97. The topological polar surface area (TPSA) is 58.8 Å². The van der Waals surface area contributed by atoms with Crippen LogP contribution >= 0.6 is 0 Å². The van der Waals surface area contributed by atoms with Gasteiger partial charge in [0.15, 0.2) is 11.5 Å². The van der Waals surface area contributed by atoms with Crippen molar-refractivity contribution in [2.45, 2.75) is 38.1 Å². The van der Waals surface area contributed by atoms with E-state index in [0.717, 1.165) is 68.5 Å². The van der Waals surface area contributed by atoms with Gasteiger partial charge in [-0.25, -0.2) is 14.5 Å². The van der Waals surface area contributed by atoms with Crippen molar-refractivity contribution in [3.63, 3.8) is 0 Å². The fourth-order valence-corrected chi connectivity index (χ4v) is 4.60. The summed E-state index contributed by atoms with van der Waals surface area (Å²) in [5.41, 5.74) is 3.32. The minimum absolute atomic E-state index is 0.363. The van der Waals surface area contributed by atoms with Crippen molar-refractivity contribution in [1.29, 1.82) is 0 Å². The molecule has 0 aliphatic carbocycles. The summed E-state index contributed by atoms with van der Waals surface area (Å²) in [6, 6.07) is 8.35. The highest BCUT2D eigenvalue weighted by Crippen LogP contribution is 2.28. The molecule has 152 valence electrons. The average molecular weight is 393 g/mol. The number of hydrogen-bond acceptors (Lipinski definition) is 6. The number of pyridine rings is 2. The van der Waals surface area contributed by atoms with E-state index in [2.05, 4.69) is 39.2 Å². The van der Waals surface area contributed by atoms with Crippen LogP contribution in [0.4, 0.5) is 5.69 Å². The van der Waals surface area contributed by atoms with E-state index in [0.29, 0.717) is 5.92 Å². The van der Waals surface area contributed by atoms with E-state index < -0.39 is 0 Å². The van der Waals surface area contributed by atoms with Gasteiger partial charge >= 0.3 is 0 Å². The number of anilines is 1. The summed E-state index contributed by atoms with van der Waals surface area (Å²) in [6.45, 7) is 5.18. The molecule has 2 fully saturated rings. The van der Waals surface area contributed by atoms with Crippen molar-refractivity contribution in [3.8, 4) is 5.88 Å². The van der Waals surface area contributed by atoms with E-state index in [1.54, 1.807) is 13.3 Å². The number of nitrogens with zero attached hydrogens (tertiary/aromatic N) is 6. The summed E-state index contributed by atoms with van der Waals surface area (Å²) in [5.74, 6) is 2.04. The number of methoxy groups -OCH3 is 1. The molecule has 3 aromatic rings. The molecule has 0 amide bonds. The zero-order valence-electron chi connectivity index (χ0n) is 17.0. The van der Waals surface area contributed by atoms with Crippen LogP contribution in [0, 0.1) is 0 Å². The van der Waals surface area contributed by atoms with E-state index in [9.17, 15) is 0 Å². The van der Waals surface area contributed by atoms with Crippen molar-refractivity contribution < 1.29 is 4.74 Å². The summed E-state index contributed by atoms with van der Waals surface area (Å²) < 4.78 is 7.39. The summed E-state index contributed by atoms with van der Waals surface area (Å²) in [4.78, 5) is 14.1. The molecule has 5 rings (SSSR count). The van der Waals surface area contributed by atoms with Crippen LogP contribution in [0.25, 0.3) is 5.65 Å². The van der Waals surface area contributed by atoms with E-state index in [4.69, 9.17) is 14.8 Å². The molecule has 0 unspecified atom stereocenters. The number of ether oxygens (including phenoxy) is 1. The monoisotopic (exact) mass is 392 g/mol. The van der Waals surface area contributed by atoms with Crippen LogP contribution in [-0.4, -0.2) is 57.8 Å². The molecule has 0 N–H and O–H groups in total. The second kappa shape index (κ2) is 7.99. The number of rotatable bonds is 5. The number of aromatic nitrogens is 4. The third kappa shape index (κ3) is 3.79. The maximum absolute atomic E-state index is 5.42. The molecular formula is C22H28N6O. The molecular weight excluding hydrogens is 364 g/mol. The smallest absolute Gasteiger partial charge is 0.217 e.